The van der Waals surface area contributed by atoms with E-state index >= 15 is 0 Å². The summed E-state index contributed by atoms with van der Waals surface area (Å²) in [6, 6.07) is 11.9. The summed E-state index contributed by atoms with van der Waals surface area (Å²) in [7, 11) is 0. The van der Waals surface area contributed by atoms with Crippen molar-refractivity contribution in [2.24, 2.45) is 17.3 Å². The molecule has 5 aliphatic rings. The average molecular weight is 415 g/mol. The third-order valence-electron chi connectivity index (χ3n) is 11.0. The first-order valence-electron chi connectivity index (χ1n) is 12.9. The molecule has 5 atom stereocenters. The Morgan fingerprint density at radius 2 is 1.69 bits per heavy atom. The number of pyridine rings is 1. The van der Waals surface area contributed by atoms with Crippen LogP contribution in [0, 0.1) is 17.3 Å². The molecule has 0 amide bonds. The fourth-order valence-corrected chi connectivity index (χ4v) is 10.0. The van der Waals surface area contributed by atoms with E-state index in [1.54, 1.807) is 22.1 Å². The number of rotatable bonds is 0. The topological polar surface area (TPSA) is 17.3 Å². The normalized spacial score (nSPS) is 34.0. The molecule has 5 aliphatic carbocycles. The minimum absolute atomic E-state index is 0.691. The third-order valence-corrected chi connectivity index (χ3v) is 11.0. The molecule has 0 radical (unpaired) electrons. The van der Waals surface area contributed by atoms with E-state index in [-0.39, 0.29) is 0 Å². The number of nitrogens with zero attached hydrogens (tertiary/aromatic N) is 2. The Hall–Kier alpha value is -2.61. The van der Waals surface area contributed by atoms with Gasteiger partial charge in [0.2, 0.25) is 0 Å². The van der Waals surface area contributed by atoms with Crippen molar-refractivity contribution in [2.75, 3.05) is 0 Å². The van der Waals surface area contributed by atoms with Gasteiger partial charge in [0, 0.05) is 33.2 Å². The quantitative estimate of drug-likeness (QED) is 0.264. The molecule has 3 aromatic heterocycles. The summed E-state index contributed by atoms with van der Waals surface area (Å²) >= 11 is 0. The minimum atomic E-state index is 0.691. The number of hydrogen-bond acceptors (Lipinski definition) is 1. The molecule has 3 fully saturated rings. The van der Waals surface area contributed by atoms with E-state index < -0.39 is 0 Å². The Morgan fingerprint density at radius 1 is 0.844 bits per heavy atom. The van der Waals surface area contributed by atoms with E-state index in [1.165, 1.54) is 89.8 Å². The molecule has 0 N–H and O–H groups in total. The zero-order valence-electron chi connectivity index (χ0n) is 18.3. The van der Waals surface area contributed by atoms with E-state index in [1.807, 2.05) is 0 Å². The van der Waals surface area contributed by atoms with Crippen molar-refractivity contribution in [2.45, 2.75) is 63.2 Å². The van der Waals surface area contributed by atoms with Crippen LogP contribution in [0.3, 0.4) is 0 Å². The van der Waals surface area contributed by atoms with E-state index in [9.17, 15) is 0 Å². The Morgan fingerprint density at radius 3 is 2.62 bits per heavy atom. The second kappa shape index (κ2) is 4.83. The van der Waals surface area contributed by atoms with Crippen LogP contribution >= 0.6 is 0 Å². The summed E-state index contributed by atoms with van der Waals surface area (Å²) in [5.74, 6) is 3.47. The Bertz CT molecular complexity index is 1670. The standard InChI is InChI=1S/C30H26N2/c1-3-15-7-8-23-26(20(15)4-1)21-5-2-6-22-27-24(32(23)29(21)22)14-31-28-17-10-19-11-18-9-16(25(27)28)12-30(18,19)13-17/h2,5-8,14,16-19H,1,3-4,9-13H2. The number of para-hydroxylation sites is 1. The van der Waals surface area contributed by atoms with Gasteiger partial charge in [-0.05, 0) is 97.3 Å². The van der Waals surface area contributed by atoms with Gasteiger partial charge in [0.15, 0.2) is 0 Å². The highest BCUT2D eigenvalue weighted by Crippen LogP contribution is 2.76. The fraction of sp³-hybridized carbons (Fsp3) is 0.433. The van der Waals surface area contributed by atoms with Gasteiger partial charge in [0.25, 0.3) is 0 Å². The van der Waals surface area contributed by atoms with Crippen molar-refractivity contribution in [3.05, 3.63) is 58.9 Å². The van der Waals surface area contributed by atoms with Crippen molar-refractivity contribution in [3.63, 3.8) is 0 Å². The maximum atomic E-state index is 5.31. The highest BCUT2D eigenvalue weighted by atomic mass is 14.9. The van der Waals surface area contributed by atoms with E-state index in [0.717, 1.165) is 23.7 Å². The molecule has 1 spiro atoms. The van der Waals surface area contributed by atoms with Gasteiger partial charge in [-0.15, -0.1) is 0 Å². The third kappa shape index (κ3) is 1.48. The molecule has 2 nitrogen and oxygen atoms in total. The molecule has 0 aliphatic heterocycles. The van der Waals surface area contributed by atoms with Gasteiger partial charge in [-0.2, -0.15) is 0 Å². The monoisotopic (exact) mass is 414 g/mol. The first kappa shape index (κ1) is 16.1. The van der Waals surface area contributed by atoms with Crippen LogP contribution in [0.25, 0.3) is 38.1 Å². The van der Waals surface area contributed by atoms with Crippen molar-refractivity contribution >= 4 is 38.1 Å². The van der Waals surface area contributed by atoms with Crippen LogP contribution in [0.2, 0.25) is 0 Å². The van der Waals surface area contributed by atoms with Crippen LogP contribution in [0.4, 0.5) is 0 Å². The van der Waals surface area contributed by atoms with Gasteiger partial charge < -0.3 is 4.40 Å². The van der Waals surface area contributed by atoms with Crippen molar-refractivity contribution < 1.29 is 0 Å². The van der Waals surface area contributed by atoms with Crippen LogP contribution in [0.5, 0.6) is 0 Å². The van der Waals surface area contributed by atoms with Crippen LogP contribution < -0.4 is 0 Å². The molecule has 5 unspecified atom stereocenters. The second-order valence-corrected chi connectivity index (χ2v) is 11.9. The molecule has 2 heteroatoms. The minimum Gasteiger partial charge on any atom is -0.306 e. The van der Waals surface area contributed by atoms with Crippen LogP contribution in [-0.4, -0.2) is 9.38 Å². The predicted octanol–water partition coefficient (Wildman–Crippen LogP) is 7.11. The molecular weight excluding hydrogens is 388 g/mol. The zero-order valence-corrected chi connectivity index (χ0v) is 18.3. The molecule has 3 saturated carbocycles. The highest BCUT2D eigenvalue weighted by Gasteiger charge is 2.66. The summed E-state index contributed by atoms with van der Waals surface area (Å²) in [5.41, 5.74) is 11.3. The predicted molar refractivity (Wildman–Crippen MR) is 129 cm³/mol. The van der Waals surface area contributed by atoms with Crippen LogP contribution in [0.15, 0.2) is 36.5 Å². The Labute approximate surface area is 187 Å². The van der Waals surface area contributed by atoms with Gasteiger partial charge in [0.05, 0.1) is 22.7 Å². The fourth-order valence-electron chi connectivity index (χ4n) is 10.0. The number of fused-ring (bicyclic) bond motifs is 14. The van der Waals surface area contributed by atoms with Gasteiger partial charge in [-0.1, -0.05) is 24.3 Å². The maximum absolute atomic E-state index is 5.31. The molecule has 2 aromatic carbocycles. The van der Waals surface area contributed by atoms with Crippen LogP contribution in [0.1, 0.15) is 72.7 Å². The molecule has 32 heavy (non-hydrogen) atoms. The van der Waals surface area contributed by atoms with Gasteiger partial charge in [-0.3, -0.25) is 4.98 Å². The van der Waals surface area contributed by atoms with Crippen molar-refractivity contribution in [1.29, 1.82) is 0 Å². The van der Waals surface area contributed by atoms with Crippen molar-refractivity contribution in [3.8, 4) is 0 Å². The largest absolute Gasteiger partial charge is 0.306 e. The summed E-state index contributed by atoms with van der Waals surface area (Å²) < 4.78 is 2.59. The maximum Gasteiger partial charge on any atom is 0.0728 e. The van der Waals surface area contributed by atoms with Gasteiger partial charge in [-0.25, -0.2) is 0 Å². The SMILES string of the molecule is c1cc2c3c4c(ccc3n3c5cnc6c(c5c(c1)c23)C1CC2CC3CC6CC32C1)CCC4. The van der Waals surface area contributed by atoms with E-state index in [4.69, 9.17) is 4.98 Å². The van der Waals surface area contributed by atoms with E-state index in [2.05, 4.69) is 40.9 Å². The number of hydrogen-bond donors (Lipinski definition) is 0. The first-order chi connectivity index (χ1) is 15.8. The summed E-state index contributed by atoms with van der Waals surface area (Å²) in [6.45, 7) is 0. The highest BCUT2D eigenvalue weighted by molar-refractivity contribution is 6.24. The Balaban J connectivity index is 1.40. The first-order valence-corrected chi connectivity index (χ1v) is 12.9. The molecule has 3 heterocycles. The lowest BCUT2D eigenvalue weighted by atomic mass is 9.56. The molecule has 5 aromatic rings. The Kier molecular flexibility index (Phi) is 2.43. The molecule has 156 valence electrons. The molecule has 3 bridgehead atoms. The van der Waals surface area contributed by atoms with Gasteiger partial charge >= 0.3 is 0 Å². The molecule has 0 saturated heterocycles. The smallest absolute Gasteiger partial charge is 0.0728 e. The van der Waals surface area contributed by atoms with E-state index in [0.29, 0.717) is 5.41 Å². The zero-order chi connectivity index (χ0) is 20.3. The average Bonchev–Trinajstić information content (AvgIpc) is 3.58. The second-order valence-electron chi connectivity index (χ2n) is 11.9. The lowest BCUT2D eigenvalue weighted by molar-refractivity contribution is 0.00321. The molecule has 10 rings (SSSR count). The summed E-state index contributed by atoms with van der Waals surface area (Å²) in [5, 5.41) is 6.05. The lowest BCUT2D eigenvalue weighted by Crippen LogP contribution is -2.41. The van der Waals surface area contributed by atoms with Gasteiger partial charge in [0.1, 0.15) is 0 Å². The van der Waals surface area contributed by atoms with Crippen LogP contribution in [-0.2, 0) is 12.8 Å². The number of aryl methyl sites for hydroxylation is 2. The summed E-state index contributed by atoms with van der Waals surface area (Å²) in [4.78, 5) is 5.31. The summed E-state index contributed by atoms with van der Waals surface area (Å²) in [6.07, 6.45) is 13.3. The van der Waals surface area contributed by atoms with Crippen molar-refractivity contribution in [1.82, 2.24) is 9.38 Å². The molecular formula is C30H26N2. The number of benzene rings is 2. The number of aromatic nitrogens is 2. The lowest BCUT2D eigenvalue weighted by Gasteiger charge is -2.48.